The molecule has 1 amide bonds. The molecule has 9 nitrogen and oxygen atoms in total. The first-order valence-corrected chi connectivity index (χ1v) is 11.5. The second-order valence-corrected chi connectivity index (χ2v) is 9.06. The number of hydrogen-bond donors (Lipinski definition) is 4. The van der Waals surface area contributed by atoms with Crippen molar-refractivity contribution in [3.63, 3.8) is 0 Å². The maximum Gasteiger partial charge on any atom is 0.229 e. The van der Waals surface area contributed by atoms with Gasteiger partial charge in [-0.25, -0.2) is 4.98 Å². The third kappa shape index (κ3) is 5.46. The van der Waals surface area contributed by atoms with Gasteiger partial charge in [-0.1, -0.05) is 18.0 Å². The fourth-order valence-electron chi connectivity index (χ4n) is 4.34. The highest BCUT2D eigenvalue weighted by Gasteiger charge is 2.33. The Labute approximate surface area is 187 Å². The molecule has 1 saturated heterocycles. The Morgan fingerprint density at radius 3 is 2.81 bits per heavy atom. The SMILES string of the molecule is CC(C)NC(=O)[C@@H]1CCC[C@@H]1Nc1nc(Nc2cnn(C3CCNCC3)c2)ncc1Cl. The third-order valence-electron chi connectivity index (χ3n) is 5.89. The van der Waals surface area contributed by atoms with Crippen LogP contribution >= 0.6 is 11.6 Å². The summed E-state index contributed by atoms with van der Waals surface area (Å²) in [6.45, 7) is 5.98. The topological polar surface area (TPSA) is 109 Å². The lowest BCUT2D eigenvalue weighted by atomic mass is 10.0. The molecule has 168 valence electrons. The van der Waals surface area contributed by atoms with Crippen LogP contribution in [-0.2, 0) is 4.79 Å². The van der Waals surface area contributed by atoms with Gasteiger partial charge in [-0.15, -0.1) is 0 Å². The molecule has 0 aromatic carbocycles. The molecule has 3 heterocycles. The average molecular weight is 447 g/mol. The van der Waals surface area contributed by atoms with Crippen molar-refractivity contribution in [3.05, 3.63) is 23.6 Å². The number of aromatic nitrogens is 4. The van der Waals surface area contributed by atoms with E-state index in [4.69, 9.17) is 11.6 Å². The molecule has 2 aromatic rings. The van der Waals surface area contributed by atoms with Crippen LogP contribution < -0.4 is 21.3 Å². The fraction of sp³-hybridized carbons (Fsp3) is 0.619. The lowest BCUT2D eigenvalue weighted by Crippen LogP contribution is -2.41. The van der Waals surface area contributed by atoms with Crippen molar-refractivity contribution in [3.8, 4) is 0 Å². The molecule has 1 saturated carbocycles. The van der Waals surface area contributed by atoms with Gasteiger partial charge in [0, 0.05) is 18.3 Å². The van der Waals surface area contributed by atoms with Gasteiger partial charge in [0.25, 0.3) is 0 Å². The number of halogens is 1. The lowest BCUT2D eigenvalue weighted by molar-refractivity contribution is -0.125. The van der Waals surface area contributed by atoms with E-state index in [9.17, 15) is 4.79 Å². The van der Waals surface area contributed by atoms with E-state index in [2.05, 4.69) is 36.3 Å². The molecule has 2 atom stereocenters. The van der Waals surface area contributed by atoms with Crippen molar-refractivity contribution < 1.29 is 4.79 Å². The number of carbonyl (C=O) groups excluding carboxylic acids is 1. The second kappa shape index (κ2) is 9.82. The maximum atomic E-state index is 12.5. The molecule has 2 aromatic heterocycles. The summed E-state index contributed by atoms with van der Waals surface area (Å²) in [5.74, 6) is 0.976. The molecule has 4 rings (SSSR count). The summed E-state index contributed by atoms with van der Waals surface area (Å²) in [5.41, 5.74) is 0.835. The summed E-state index contributed by atoms with van der Waals surface area (Å²) in [4.78, 5) is 21.4. The normalized spacial score (nSPS) is 21.9. The van der Waals surface area contributed by atoms with Gasteiger partial charge in [-0.2, -0.15) is 10.1 Å². The van der Waals surface area contributed by atoms with Crippen molar-refractivity contribution in [2.45, 2.75) is 64.1 Å². The van der Waals surface area contributed by atoms with E-state index in [-0.39, 0.29) is 23.9 Å². The van der Waals surface area contributed by atoms with Crippen LogP contribution in [0.4, 0.5) is 17.5 Å². The van der Waals surface area contributed by atoms with E-state index in [1.807, 2.05) is 24.7 Å². The van der Waals surface area contributed by atoms with Crippen molar-refractivity contribution in [1.82, 2.24) is 30.4 Å². The van der Waals surface area contributed by atoms with Gasteiger partial charge < -0.3 is 21.3 Å². The van der Waals surface area contributed by atoms with Crippen molar-refractivity contribution >= 4 is 35.0 Å². The van der Waals surface area contributed by atoms with Gasteiger partial charge in [0.2, 0.25) is 11.9 Å². The van der Waals surface area contributed by atoms with Crippen molar-refractivity contribution in [2.24, 2.45) is 5.92 Å². The summed E-state index contributed by atoms with van der Waals surface area (Å²) in [7, 11) is 0. The molecule has 31 heavy (non-hydrogen) atoms. The summed E-state index contributed by atoms with van der Waals surface area (Å²) < 4.78 is 2.01. The van der Waals surface area contributed by atoms with Crippen LogP contribution in [0.2, 0.25) is 5.02 Å². The molecule has 10 heteroatoms. The zero-order valence-electron chi connectivity index (χ0n) is 18.1. The van der Waals surface area contributed by atoms with Gasteiger partial charge in [0.05, 0.1) is 30.0 Å². The molecular formula is C21H31ClN8O. The smallest absolute Gasteiger partial charge is 0.229 e. The Kier molecular flexibility index (Phi) is 6.92. The van der Waals surface area contributed by atoms with E-state index in [0.29, 0.717) is 22.8 Å². The van der Waals surface area contributed by atoms with Crippen LogP contribution in [-0.4, -0.2) is 50.8 Å². The minimum absolute atomic E-state index is 0.00154. The second-order valence-electron chi connectivity index (χ2n) is 8.66. The minimum Gasteiger partial charge on any atom is -0.365 e. The molecule has 0 spiro atoms. The predicted molar refractivity (Wildman–Crippen MR) is 122 cm³/mol. The third-order valence-corrected chi connectivity index (χ3v) is 6.17. The fourth-order valence-corrected chi connectivity index (χ4v) is 4.49. The van der Waals surface area contributed by atoms with Gasteiger partial charge in [-0.3, -0.25) is 9.48 Å². The maximum absolute atomic E-state index is 12.5. The Hall–Kier alpha value is -2.39. The first-order valence-electron chi connectivity index (χ1n) is 11.1. The predicted octanol–water partition coefficient (Wildman–Crippen LogP) is 3.10. The average Bonchev–Trinajstić information content (AvgIpc) is 3.40. The number of nitrogens with zero attached hydrogens (tertiary/aromatic N) is 4. The Balaban J connectivity index is 1.42. The van der Waals surface area contributed by atoms with Crippen LogP contribution in [0, 0.1) is 5.92 Å². The highest BCUT2D eigenvalue weighted by Crippen LogP contribution is 2.31. The highest BCUT2D eigenvalue weighted by molar-refractivity contribution is 6.32. The number of rotatable bonds is 7. The van der Waals surface area contributed by atoms with Gasteiger partial charge in [0.1, 0.15) is 5.02 Å². The van der Waals surface area contributed by atoms with E-state index in [0.717, 1.165) is 50.9 Å². The molecule has 1 aliphatic carbocycles. The minimum atomic E-state index is -0.0898. The lowest BCUT2D eigenvalue weighted by Gasteiger charge is -2.23. The number of hydrogen-bond acceptors (Lipinski definition) is 7. The van der Waals surface area contributed by atoms with Crippen LogP contribution in [0.15, 0.2) is 18.6 Å². The highest BCUT2D eigenvalue weighted by atomic mass is 35.5. The molecule has 0 bridgehead atoms. The molecule has 0 unspecified atom stereocenters. The van der Waals surface area contributed by atoms with E-state index < -0.39 is 0 Å². The van der Waals surface area contributed by atoms with E-state index >= 15 is 0 Å². The summed E-state index contributed by atoms with van der Waals surface area (Å²) in [5, 5.41) is 17.9. The summed E-state index contributed by atoms with van der Waals surface area (Å²) in [6.07, 6.45) is 10.3. The van der Waals surface area contributed by atoms with Crippen molar-refractivity contribution in [1.29, 1.82) is 0 Å². The largest absolute Gasteiger partial charge is 0.365 e. The van der Waals surface area contributed by atoms with Gasteiger partial charge in [-0.05, 0) is 52.6 Å². The monoisotopic (exact) mass is 446 g/mol. The first kappa shape index (κ1) is 21.8. The van der Waals surface area contributed by atoms with Gasteiger partial charge in [0.15, 0.2) is 5.82 Å². The standard InChI is InChI=1S/C21H31ClN8O/c1-13(2)26-20(31)16-4-3-5-18(16)28-19-17(22)11-24-21(29-19)27-14-10-25-30(12-14)15-6-8-23-9-7-15/h10-13,15-16,18,23H,3-9H2,1-2H3,(H,26,31)(H2,24,27,28,29)/t16-,18+/m1/s1. The van der Waals surface area contributed by atoms with Crippen molar-refractivity contribution in [2.75, 3.05) is 23.7 Å². The number of piperidine rings is 1. The Morgan fingerprint density at radius 1 is 1.23 bits per heavy atom. The van der Waals surface area contributed by atoms with Gasteiger partial charge >= 0.3 is 0 Å². The molecule has 1 aliphatic heterocycles. The Bertz CT molecular complexity index is 895. The number of nitrogens with one attached hydrogen (secondary N) is 4. The zero-order chi connectivity index (χ0) is 21.8. The number of carbonyl (C=O) groups is 1. The molecule has 0 radical (unpaired) electrons. The number of anilines is 3. The zero-order valence-corrected chi connectivity index (χ0v) is 18.8. The quantitative estimate of drug-likeness (QED) is 0.517. The van der Waals surface area contributed by atoms with Crippen LogP contribution in [0.1, 0.15) is 52.0 Å². The van der Waals surface area contributed by atoms with E-state index in [1.165, 1.54) is 0 Å². The number of amides is 1. The molecular weight excluding hydrogens is 416 g/mol. The van der Waals surface area contributed by atoms with Crippen LogP contribution in [0.25, 0.3) is 0 Å². The summed E-state index contributed by atoms with van der Waals surface area (Å²) >= 11 is 6.36. The molecule has 4 N–H and O–H groups in total. The molecule has 2 fully saturated rings. The van der Waals surface area contributed by atoms with Crippen LogP contribution in [0.3, 0.4) is 0 Å². The molecule has 2 aliphatic rings. The summed E-state index contributed by atoms with van der Waals surface area (Å²) in [6, 6.07) is 0.538. The van der Waals surface area contributed by atoms with Crippen LogP contribution in [0.5, 0.6) is 0 Å². The van der Waals surface area contributed by atoms with E-state index in [1.54, 1.807) is 12.4 Å². The Morgan fingerprint density at radius 2 is 2.03 bits per heavy atom. The first-order chi connectivity index (χ1) is 15.0.